The van der Waals surface area contributed by atoms with Crippen molar-refractivity contribution in [3.63, 3.8) is 0 Å². The van der Waals surface area contributed by atoms with E-state index in [0.717, 1.165) is 35.9 Å². The van der Waals surface area contributed by atoms with E-state index in [0.29, 0.717) is 0 Å². The van der Waals surface area contributed by atoms with E-state index in [-0.39, 0.29) is 0 Å². The fraction of sp³-hybridized carbons (Fsp3) is 1.00. The molecule has 6 unspecified atom stereocenters. The summed E-state index contributed by atoms with van der Waals surface area (Å²) in [7, 11) is 2.27. The molecule has 0 aromatic rings. The lowest BCUT2D eigenvalue weighted by molar-refractivity contribution is 0.0998. The van der Waals surface area contributed by atoms with Crippen LogP contribution >= 0.6 is 0 Å². The molecule has 0 aromatic heterocycles. The van der Waals surface area contributed by atoms with Gasteiger partial charge in [-0.1, -0.05) is 20.8 Å². The number of rotatable bonds is 2. The molecule has 2 nitrogen and oxygen atoms in total. The number of nitrogens with one attached hydrogen (secondary N) is 1. The van der Waals surface area contributed by atoms with Crippen molar-refractivity contribution in [2.24, 2.45) is 17.8 Å². The summed E-state index contributed by atoms with van der Waals surface area (Å²) in [6.45, 7) is 10.9. The van der Waals surface area contributed by atoms with E-state index in [2.05, 4.69) is 45.0 Å². The van der Waals surface area contributed by atoms with Gasteiger partial charge in [0.25, 0.3) is 0 Å². The lowest BCUT2D eigenvalue weighted by atomic mass is 9.78. The average molecular weight is 252 g/mol. The first-order valence-corrected chi connectivity index (χ1v) is 7.93. The van der Waals surface area contributed by atoms with Gasteiger partial charge in [0.05, 0.1) is 0 Å². The minimum atomic E-state index is 0.733. The quantitative estimate of drug-likeness (QED) is 0.812. The number of hydrogen-bond acceptors (Lipinski definition) is 2. The van der Waals surface area contributed by atoms with Crippen LogP contribution in [-0.4, -0.2) is 36.6 Å². The van der Waals surface area contributed by atoms with Crippen LogP contribution < -0.4 is 5.32 Å². The lowest BCUT2D eigenvalue weighted by Gasteiger charge is -2.44. The summed E-state index contributed by atoms with van der Waals surface area (Å²) in [5.41, 5.74) is 0. The van der Waals surface area contributed by atoms with Gasteiger partial charge in [-0.05, 0) is 57.4 Å². The Labute approximate surface area is 114 Å². The van der Waals surface area contributed by atoms with Gasteiger partial charge in [-0.25, -0.2) is 0 Å². The Balaban J connectivity index is 1.88. The highest BCUT2D eigenvalue weighted by molar-refractivity contribution is 4.90. The standard InChI is InChI=1S/C16H32N2/c1-11-6-7-15(12(2)8-11)17-16-9-14(4)18(5)10-13(16)3/h11-17H,6-10H2,1-5H3. The van der Waals surface area contributed by atoms with E-state index in [1.54, 1.807) is 0 Å². The number of likely N-dealkylation sites (tertiary alicyclic amines) is 1. The molecule has 1 heterocycles. The highest BCUT2D eigenvalue weighted by atomic mass is 15.2. The first-order valence-electron chi connectivity index (χ1n) is 7.93. The second-order valence-corrected chi connectivity index (χ2v) is 7.28. The van der Waals surface area contributed by atoms with Crippen LogP contribution in [0, 0.1) is 17.8 Å². The highest BCUT2D eigenvalue weighted by Crippen LogP contribution is 2.30. The first kappa shape index (κ1) is 14.3. The normalized spacial score (nSPS) is 47.2. The van der Waals surface area contributed by atoms with E-state index in [1.165, 1.54) is 32.2 Å². The molecule has 0 spiro atoms. The zero-order valence-electron chi connectivity index (χ0n) is 12.9. The van der Waals surface area contributed by atoms with Gasteiger partial charge in [0.1, 0.15) is 0 Å². The molecule has 106 valence electrons. The maximum atomic E-state index is 4.00. The summed E-state index contributed by atoms with van der Waals surface area (Å²) in [5, 5.41) is 4.00. The summed E-state index contributed by atoms with van der Waals surface area (Å²) < 4.78 is 0. The second-order valence-electron chi connectivity index (χ2n) is 7.28. The molecule has 1 saturated carbocycles. The summed E-state index contributed by atoms with van der Waals surface area (Å²) >= 11 is 0. The Hall–Kier alpha value is -0.0800. The number of nitrogens with zero attached hydrogens (tertiary/aromatic N) is 1. The summed E-state index contributed by atoms with van der Waals surface area (Å²) in [6, 6.07) is 2.23. The van der Waals surface area contributed by atoms with E-state index in [1.807, 2.05) is 0 Å². The maximum absolute atomic E-state index is 4.00. The van der Waals surface area contributed by atoms with Gasteiger partial charge in [0.15, 0.2) is 0 Å². The van der Waals surface area contributed by atoms with Gasteiger partial charge in [-0.3, -0.25) is 0 Å². The molecule has 1 saturated heterocycles. The predicted molar refractivity (Wildman–Crippen MR) is 78.8 cm³/mol. The largest absolute Gasteiger partial charge is 0.311 e. The molecule has 1 aliphatic heterocycles. The van der Waals surface area contributed by atoms with Crippen LogP contribution in [0.2, 0.25) is 0 Å². The van der Waals surface area contributed by atoms with Gasteiger partial charge in [-0.15, -0.1) is 0 Å². The minimum absolute atomic E-state index is 0.733. The topological polar surface area (TPSA) is 15.3 Å². The monoisotopic (exact) mass is 252 g/mol. The van der Waals surface area contributed by atoms with Crippen LogP contribution in [0.4, 0.5) is 0 Å². The summed E-state index contributed by atoms with van der Waals surface area (Å²) in [6.07, 6.45) is 5.53. The Morgan fingerprint density at radius 2 is 1.61 bits per heavy atom. The van der Waals surface area contributed by atoms with Gasteiger partial charge in [-0.2, -0.15) is 0 Å². The molecule has 2 aliphatic rings. The van der Waals surface area contributed by atoms with Gasteiger partial charge in [0, 0.05) is 24.7 Å². The van der Waals surface area contributed by atoms with E-state index in [4.69, 9.17) is 0 Å². The van der Waals surface area contributed by atoms with Gasteiger partial charge < -0.3 is 10.2 Å². The van der Waals surface area contributed by atoms with Crippen LogP contribution in [0.5, 0.6) is 0 Å². The highest BCUT2D eigenvalue weighted by Gasteiger charge is 2.33. The zero-order valence-corrected chi connectivity index (χ0v) is 12.9. The molecule has 0 aromatic carbocycles. The maximum Gasteiger partial charge on any atom is 0.0122 e. The average Bonchev–Trinajstić information content (AvgIpc) is 2.29. The molecule has 1 N–H and O–H groups in total. The third-order valence-corrected chi connectivity index (χ3v) is 5.47. The molecule has 6 atom stereocenters. The van der Waals surface area contributed by atoms with Crippen LogP contribution in [0.3, 0.4) is 0 Å². The van der Waals surface area contributed by atoms with Crippen molar-refractivity contribution >= 4 is 0 Å². The predicted octanol–water partition coefficient (Wildman–Crippen LogP) is 3.13. The third-order valence-electron chi connectivity index (χ3n) is 5.47. The van der Waals surface area contributed by atoms with Crippen LogP contribution in [0.25, 0.3) is 0 Å². The smallest absolute Gasteiger partial charge is 0.0122 e. The SMILES string of the molecule is CC1CCC(NC2CC(C)N(C)CC2C)C(C)C1. The third kappa shape index (κ3) is 3.27. The Morgan fingerprint density at radius 1 is 0.889 bits per heavy atom. The molecule has 2 heteroatoms. The van der Waals surface area contributed by atoms with Gasteiger partial charge in [0.2, 0.25) is 0 Å². The lowest BCUT2D eigenvalue weighted by Crippen LogP contribution is -2.55. The van der Waals surface area contributed by atoms with Crippen LogP contribution in [0.15, 0.2) is 0 Å². The molecule has 0 radical (unpaired) electrons. The molecule has 0 bridgehead atoms. The number of piperidine rings is 1. The Bertz CT molecular complexity index is 266. The molecule has 18 heavy (non-hydrogen) atoms. The Kier molecular flexibility index (Phi) is 4.71. The molecule has 0 amide bonds. The van der Waals surface area contributed by atoms with Crippen LogP contribution in [-0.2, 0) is 0 Å². The van der Waals surface area contributed by atoms with Crippen molar-refractivity contribution in [2.45, 2.75) is 71.5 Å². The first-order chi connectivity index (χ1) is 8.47. The van der Waals surface area contributed by atoms with E-state index in [9.17, 15) is 0 Å². The molecule has 2 rings (SSSR count). The van der Waals surface area contributed by atoms with Crippen molar-refractivity contribution in [3.05, 3.63) is 0 Å². The summed E-state index contributed by atoms with van der Waals surface area (Å²) in [5.74, 6) is 2.58. The number of hydrogen-bond donors (Lipinski definition) is 1. The van der Waals surface area contributed by atoms with Gasteiger partial charge >= 0.3 is 0 Å². The summed E-state index contributed by atoms with van der Waals surface area (Å²) in [4.78, 5) is 2.51. The second kappa shape index (κ2) is 5.92. The molecular weight excluding hydrogens is 220 g/mol. The van der Waals surface area contributed by atoms with Crippen molar-refractivity contribution in [3.8, 4) is 0 Å². The van der Waals surface area contributed by atoms with Crippen molar-refractivity contribution in [1.29, 1.82) is 0 Å². The van der Waals surface area contributed by atoms with Crippen LogP contribution in [0.1, 0.15) is 53.4 Å². The van der Waals surface area contributed by atoms with Crippen molar-refractivity contribution in [1.82, 2.24) is 10.2 Å². The molecular formula is C16H32N2. The zero-order chi connectivity index (χ0) is 13.3. The van der Waals surface area contributed by atoms with E-state index >= 15 is 0 Å². The molecule has 1 aliphatic carbocycles. The Morgan fingerprint density at radius 3 is 2.28 bits per heavy atom. The van der Waals surface area contributed by atoms with E-state index < -0.39 is 0 Å². The van der Waals surface area contributed by atoms with Crippen molar-refractivity contribution < 1.29 is 0 Å². The minimum Gasteiger partial charge on any atom is -0.311 e. The fourth-order valence-corrected chi connectivity index (χ4v) is 3.96. The molecule has 2 fully saturated rings. The fourth-order valence-electron chi connectivity index (χ4n) is 3.96. The van der Waals surface area contributed by atoms with Crippen molar-refractivity contribution in [2.75, 3.05) is 13.6 Å².